The van der Waals surface area contributed by atoms with Crippen LogP contribution >= 0.6 is 0 Å². The zero-order valence-electron chi connectivity index (χ0n) is 6.06. The summed E-state index contributed by atoms with van der Waals surface area (Å²) in [7, 11) is 0. The van der Waals surface area contributed by atoms with Crippen molar-refractivity contribution >= 4 is 0 Å². The molecule has 2 N–H and O–H groups in total. The molecule has 1 nitrogen and oxygen atoms in total. The van der Waals surface area contributed by atoms with Gasteiger partial charge in [-0.25, -0.2) is 0 Å². The first-order valence-corrected chi connectivity index (χ1v) is 3.53. The first kappa shape index (κ1) is 8.52. The third-order valence-corrected chi connectivity index (χ3v) is 1.33. The lowest BCUT2D eigenvalue weighted by atomic mass is 10.1. The summed E-state index contributed by atoms with van der Waals surface area (Å²) in [4.78, 5) is 0. The van der Waals surface area contributed by atoms with E-state index in [1.165, 1.54) is 19.3 Å². The standard InChI is InChI=1S/C8H15N/c1-3-5-6-7-8(9)4-2/h2,8H,3,5-7,9H2,1H3. The van der Waals surface area contributed by atoms with Gasteiger partial charge in [-0.15, -0.1) is 6.42 Å². The Morgan fingerprint density at radius 2 is 2.22 bits per heavy atom. The summed E-state index contributed by atoms with van der Waals surface area (Å²) >= 11 is 0. The second-order valence-electron chi connectivity index (χ2n) is 2.27. The van der Waals surface area contributed by atoms with Gasteiger partial charge in [-0.2, -0.15) is 0 Å². The predicted octanol–water partition coefficient (Wildman–Crippen LogP) is 1.53. The van der Waals surface area contributed by atoms with Gasteiger partial charge in [0.1, 0.15) is 0 Å². The topological polar surface area (TPSA) is 26.0 Å². The molecule has 0 aliphatic rings. The number of hydrogen-bond acceptors (Lipinski definition) is 1. The first-order chi connectivity index (χ1) is 4.31. The van der Waals surface area contributed by atoms with Gasteiger partial charge in [0, 0.05) is 0 Å². The molecule has 0 heterocycles. The van der Waals surface area contributed by atoms with Crippen molar-refractivity contribution in [3.8, 4) is 12.3 Å². The molecule has 0 aliphatic heterocycles. The van der Waals surface area contributed by atoms with Gasteiger partial charge in [0.25, 0.3) is 0 Å². The van der Waals surface area contributed by atoms with E-state index in [1.807, 2.05) is 0 Å². The summed E-state index contributed by atoms with van der Waals surface area (Å²) in [6, 6.07) is -0.0171. The van der Waals surface area contributed by atoms with E-state index >= 15 is 0 Å². The highest BCUT2D eigenvalue weighted by Gasteiger charge is 1.93. The van der Waals surface area contributed by atoms with Crippen LogP contribution in [0.5, 0.6) is 0 Å². The van der Waals surface area contributed by atoms with Gasteiger partial charge in [0.15, 0.2) is 0 Å². The van der Waals surface area contributed by atoms with E-state index in [0.29, 0.717) is 0 Å². The first-order valence-electron chi connectivity index (χ1n) is 3.53. The highest BCUT2D eigenvalue weighted by atomic mass is 14.6. The van der Waals surface area contributed by atoms with Crippen LogP contribution in [0.1, 0.15) is 32.6 Å². The van der Waals surface area contributed by atoms with E-state index < -0.39 is 0 Å². The second kappa shape index (κ2) is 5.65. The van der Waals surface area contributed by atoms with Crippen molar-refractivity contribution in [2.75, 3.05) is 0 Å². The maximum atomic E-state index is 5.48. The summed E-state index contributed by atoms with van der Waals surface area (Å²) in [5.41, 5.74) is 5.48. The summed E-state index contributed by atoms with van der Waals surface area (Å²) < 4.78 is 0. The molecular weight excluding hydrogens is 110 g/mol. The Labute approximate surface area is 57.6 Å². The molecule has 9 heavy (non-hydrogen) atoms. The monoisotopic (exact) mass is 125 g/mol. The quantitative estimate of drug-likeness (QED) is 0.447. The van der Waals surface area contributed by atoms with Gasteiger partial charge < -0.3 is 5.73 Å². The van der Waals surface area contributed by atoms with Gasteiger partial charge in [0.05, 0.1) is 6.04 Å². The zero-order valence-corrected chi connectivity index (χ0v) is 6.06. The van der Waals surface area contributed by atoms with Gasteiger partial charge in [-0.05, 0) is 6.42 Å². The van der Waals surface area contributed by atoms with Gasteiger partial charge >= 0.3 is 0 Å². The van der Waals surface area contributed by atoms with Crippen LogP contribution in [0.3, 0.4) is 0 Å². The molecular formula is C8H15N. The van der Waals surface area contributed by atoms with E-state index in [0.717, 1.165) is 6.42 Å². The molecule has 1 atom stereocenters. The predicted molar refractivity (Wildman–Crippen MR) is 41.0 cm³/mol. The Hall–Kier alpha value is -0.480. The minimum Gasteiger partial charge on any atom is -0.318 e. The minimum absolute atomic E-state index is 0.0171. The summed E-state index contributed by atoms with van der Waals surface area (Å²) in [5.74, 6) is 2.50. The lowest BCUT2D eigenvalue weighted by Crippen LogP contribution is -2.16. The molecule has 1 unspecified atom stereocenters. The maximum absolute atomic E-state index is 5.48. The highest BCUT2D eigenvalue weighted by molar-refractivity contribution is 4.95. The number of nitrogens with two attached hydrogens (primary N) is 1. The molecule has 0 saturated heterocycles. The van der Waals surface area contributed by atoms with Crippen molar-refractivity contribution in [1.82, 2.24) is 0 Å². The van der Waals surface area contributed by atoms with Crippen LogP contribution < -0.4 is 5.73 Å². The van der Waals surface area contributed by atoms with Gasteiger partial charge in [-0.3, -0.25) is 0 Å². The molecule has 0 aromatic heterocycles. The fraction of sp³-hybridized carbons (Fsp3) is 0.750. The number of hydrogen-bond donors (Lipinski definition) is 1. The highest BCUT2D eigenvalue weighted by Crippen LogP contribution is 1.99. The molecule has 0 aromatic carbocycles. The Morgan fingerprint density at radius 3 is 2.67 bits per heavy atom. The van der Waals surface area contributed by atoms with Crippen LogP contribution in [0.25, 0.3) is 0 Å². The van der Waals surface area contributed by atoms with Crippen molar-refractivity contribution in [2.45, 2.75) is 38.6 Å². The average Bonchev–Trinajstić information content (AvgIpc) is 1.89. The number of unbranched alkanes of at least 4 members (excludes halogenated alkanes) is 2. The lowest BCUT2D eigenvalue weighted by molar-refractivity contribution is 0.632. The van der Waals surface area contributed by atoms with Crippen molar-refractivity contribution in [1.29, 1.82) is 0 Å². The fourth-order valence-electron chi connectivity index (χ4n) is 0.698. The summed E-state index contributed by atoms with van der Waals surface area (Å²) in [5, 5.41) is 0. The average molecular weight is 125 g/mol. The molecule has 0 amide bonds. The number of rotatable bonds is 4. The van der Waals surface area contributed by atoms with Crippen LogP contribution in [-0.4, -0.2) is 6.04 Å². The molecule has 0 spiro atoms. The maximum Gasteiger partial charge on any atom is 0.0661 e. The van der Waals surface area contributed by atoms with Crippen molar-refractivity contribution in [2.24, 2.45) is 5.73 Å². The lowest BCUT2D eigenvalue weighted by Gasteiger charge is -2.00. The van der Waals surface area contributed by atoms with Gasteiger partial charge in [-0.1, -0.05) is 32.1 Å². The van der Waals surface area contributed by atoms with E-state index in [4.69, 9.17) is 12.2 Å². The molecule has 52 valence electrons. The van der Waals surface area contributed by atoms with E-state index in [9.17, 15) is 0 Å². The normalized spacial score (nSPS) is 12.6. The van der Waals surface area contributed by atoms with Gasteiger partial charge in [0.2, 0.25) is 0 Å². The van der Waals surface area contributed by atoms with Crippen LogP contribution in [0.15, 0.2) is 0 Å². The minimum atomic E-state index is -0.0171. The van der Waals surface area contributed by atoms with E-state index in [-0.39, 0.29) is 6.04 Å². The summed E-state index contributed by atoms with van der Waals surface area (Å²) in [6.45, 7) is 2.17. The van der Waals surface area contributed by atoms with E-state index in [2.05, 4.69) is 12.8 Å². The molecule has 0 rings (SSSR count). The molecule has 0 aliphatic carbocycles. The second-order valence-corrected chi connectivity index (χ2v) is 2.27. The molecule has 0 saturated carbocycles. The third-order valence-electron chi connectivity index (χ3n) is 1.33. The summed E-state index contributed by atoms with van der Waals surface area (Å²) in [6.07, 6.45) is 9.70. The van der Waals surface area contributed by atoms with Crippen molar-refractivity contribution in [3.05, 3.63) is 0 Å². The Bertz CT molecular complexity index is 91.2. The van der Waals surface area contributed by atoms with Crippen LogP contribution in [-0.2, 0) is 0 Å². The van der Waals surface area contributed by atoms with E-state index in [1.54, 1.807) is 0 Å². The van der Waals surface area contributed by atoms with Crippen LogP contribution in [0.4, 0.5) is 0 Å². The Kier molecular flexibility index (Phi) is 5.35. The van der Waals surface area contributed by atoms with Crippen LogP contribution in [0, 0.1) is 12.3 Å². The zero-order chi connectivity index (χ0) is 7.11. The number of terminal acetylenes is 1. The van der Waals surface area contributed by atoms with Crippen LogP contribution in [0.2, 0.25) is 0 Å². The smallest absolute Gasteiger partial charge is 0.0661 e. The Morgan fingerprint density at radius 1 is 1.56 bits per heavy atom. The SMILES string of the molecule is C#CC(N)CCCCC. The molecule has 0 radical (unpaired) electrons. The van der Waals surface area contributed by atoms with Crippen molar-refractivity contribution < 1.29 is 0 Å². The van der Waals surface area contributed by atoms with Crippen molar-refractivity contribution in [3.63, 3.8) is 0 Å². The Balaban J connectivity index is 2.99. The largest absolute Gasteiger partial charge is 0.318 e. The fourth-order valence-corrected chi connectivity index (χ4v) is 0.698. The molecule has 0 fully saturated rings. The third kappa shape index (κ3) is 5.39. The molecule has 1 heteroatoms. The molecule has 0 bridgehead atoms. The molecule has 0 aromatic rings.